The molecule has 0 aliphatic carbocycles. The van der Waals surface area contributed by atoms with Gasteiger partial charge in [0.05, 0.1) is 12.1 Å². The Hall–Kier alpha value is -0.880. The minimum atomic E-state index is -2.83. The molecule has 0 amide bonds. The van der Waals surface area contributed by atoms with Gasteiger partial charge in [-0.25, -0.2) is 13.4 Å². The van der Waals surface area contributed by atoms with Crippen LogP contribution in [-0.4, -0.2) is 43.1 Å². The van der Waals surface area contributed by atoms with Crippen molar-refractivity contribution in [1.29, 1.82) is 0 Å². The molecule has 1 heterocycles. The monoisotopic (exact) mass is 231 g/mol. The van der Waals surface area contributed by atoms with E-state index >= 15 is 0 Å². The summed E-state index contributed by atoms with van der Waals surface area (Å²) < 4.78 is 23.6. The molecule has 0 bridgehead atoms. The number of aryl methyl sites for hydroxylation is 1. The molecule has 0 aromatic carbocycles. The topological polar surface area (TPSA) is 64.0 Å². The zero-order valence-electron chi connectivity index (χ0n) is 8.89. The molecule has 1 rings (SSSR count). The molecule has 6 heteroatoms. The number of hydrogen-bond acceptors (Lipinski definition) is 4. The highest BCUT2D eigenvalue weighted by Crippen LogP contribution is 1.89. The highest BCUT2D eigenvalue weighted by molar-refractivity contribution is 7.90. The van der Waals surface area contributed by atoms with Crippen LogP contribution in [0.2, 0.25) is 0 Å². The minimum Gasteiger partial charge on any atom is -0.337 e. The Labute approximate surface area is 90.4 Å². The van der Waals surface area contributed by atoms with Gasteiger partial charge >= 0.3 is 0 Å². The fourth-order valence-corrected chi connectivity index (χ4v) is 1.70. The van der Waals surface area contributed by atoms with Crippen molar-refractivity contribution in [3.05, 3.63) is 18.7 Å². The van der Waals surface area contributed by atoms with Crippen LogP contribution in [-0.2, 0) is 16.4 Å². The summed E-state index contributed by atoms with van der Waals surface area (Å²) in [7, 11) is -2.83. The summed E-state index contributed by atoms with van der Waals surface area (Å²) >= 11 is 0. The van der Waals surface area contributed by atoms with Crippen LogP contribution in [0.3, 0.4) is 0 Å². The van der Waals surface area contributed by atoms with Crippen LogP contribution in [0.15, 0.2) is 18.7 Å². The smallest absolute Gasteiger partial charge is 0.148 e. The van der Waals surface area contributed by atoms with Crippen molar-refractivity contribution in [2.45, 2.75) is 13.0 Å². The number of rotatable bonds is 7. The van der Waals surface area contributed by atoms with Crippen molar-refractivity contribution in [1.82, 2.24) is 14.9 Å². The summed E-state index contributed by atoms with van der Waals surface area (Å²) in [6, 6.07) is 0. The van der Waals surface area contributed by atoms with Crippen LogP contribution in [0.4, 0.5) is 0 Å². The lowest BCUT2D eigenvalue weighted by molar-refractivity contribution is 0.579. The average molecular weight is 231 g/mol. The fourth-order valence-electron chi connectivity index (χ4n) is 1.19. The van der Waals surface area contributed by atoms with Gasteiger partial charge in [0.25, 0.3) is 0 Å². The highest BCUT2D eigenvalue weighted by Gasteiger charge is 1.99. The van der Waals surface area contributed by atoms with Gasteiger partial charge < -0.3 is 9.88 Å². The Bertz CT molecular complexity index is 359. The first-order valence-corrected chi connectivity index (χ1v) is 6.98. The molecule has 1 aromatic rings. The van der Waals surface area contributed by atoms with E-state index in [0.29, 0.717) is 6.54 Å². The lowest BCUT2D eigenvalue weighted by Gasteiger charge is -2.04. The number of nitrogens with zero attached hydrogens (tertiary/aromatic N) is 2. The van der Waals surface area contributed by atoms with E-state index in [-0.39, 0.29) is 5.75 Å². The normalized spacial score (nSPS) is 11.8. The van der Waals surface area contributed by atoms with Crippen LogP contribution >= 0.6 is 0 Å². The van der Waals surface area contributed by atoms with Gasteiger partial charge in [0.1, 0.15) is 9.84 Å². The second kappa shape index (κ2) is 5.87. The van der Waals surface area contributed by atoms with Crippen molar-refractivity contribution in [3.63, 3.8) is 0 Å². The summed E-state index contributed by atoms with van der Waals surface area (Å²) in [6.07, 6.45) is 7.66. The first-order valence-electron chi connectivity index (χ1n) is 4.92. The zero-order valence-corrected chi connectivity index (χ0v) is 9.70. The van der Waals surface area contributed by atoms with E-state index in [1.54, 1.807) is 12.5 Å². The lowest BCUT2D eigenvalue weighted by atomic mass is 10.4. The quantitative estimate of drug-likeness (QED) is 0.666. The summed E-state index contributed by atoms with van der Waals surface area (Å²) in [4.78, 5) is 3.93. The van der Waals surface area contributed by atoms with Crippen LogP contribution < -0.4 is 5.32 Å². The van der Waals surface area contributed by atoms with Crippen LogP contribution in [0.25, 0.3) is 0 Å². The summed E-state index contributed by atoms with van der Waals surface area (Å²) in [5, 5.41) is 3.09. The predicted octanol–water partition coefficient (Wildman–Crippen LogP) is -0.0926. The van der Waals surface area contributed by atoms with Crippen molar-refractivity contribution in [3.8, 4) is 0 Å². The van der Waals surface area contributed by atoms with E-state index < -0.39 is 9.84 Å². The van der Waals surface area contributed by atoms with Gasteiger partial charge in [-0.15, -0.1) is 0 Å². The maximum absolute atomic E-state index is 10.8. The first-order chi connectivity index (χ1) is 7.08. The molecule has 5 nitrogen and oxygen atoms in total. The maximum atomic E-state index is 10.8. The third-order valence-corrected chi connectivity index (χ3v) is 2.92. The SMILES string of the molecule is CS(=O)(=O)CCNCCCn1ccnc1. The molecule has 15 heavy (non-hydrogen) atoms. The molecule has 0 aliphatic heterocycles. The van der Waals surface area contributed by atoms with Crippen molar-refractivity contribution in [2.24, 2.45) is 0 Å². The molecule has 0 aliphatic rings. The van der Waals surface area contributed by atoms with Gasteiger partial charge in [0.15, 0.2) is 0 Å². The van der Waals surface area contributed by atoms with Gasteiger partial charge in [-0.3, -0.25) is 0 Å². The molecule has 0 radical (unpaired) electrons. The summed E-state index contributed by atoms with van der Waals surface area (Å²) in [6.45, 7) is 2.27. The molecule has 0 atom stereocenters. The van der Waals surface area contributed by atoms with E-state index in [0.717, 1.165) is 19.5 Å². The Balaban J connectivity index is 1.99. The van der Waals surface area contributed by atoms with Crippen molar-refractivity contribution < 1.29 is 8.42 Å². The van der Waals surface area contributed by atoms with Crippen molar-refractivity contribution in [2.75, 3.05) is 25.1 Å². The third kappa shape index (κ3) is 6.24. The van der Waals surface area contributed by atoms with Gasteiger partial charge in [-0.05, 0) is 13.0 Å². The van der Waals surface area contributed by atoms with Gasteiger partial charge in [-0.2, -0.15) is 0 Å². The molecule has 86 valence electrons. The van der Waals surface area contributed by atoms with Crippen LogP contribution in [0, 0.1) is 0 Å². The number of sulfone groups is 1. The second-order valence-corrected chi connectivity index (χ2v) is 5.79. The second-order valence-electron chi connectivity index (χ2n) is 3.53. The van der Waals surface area contributed by atoms with Crippen molar-refractivity contribution >= 4 is 9.84 Å². The average Bonchev–Trinajstić information content (AvgIpc) is 2.61. The molecule has 0 unspecified atom stereocenters. The predicted molar refractivity (Wildman–Crippen MR) is 59.4 cm³/mol. The first kappa shape index (κ1) is 12.2. The summed E-state index contributed by atoms with van der Waals surface area (Å²) in [5.74, 6) is 0.206. The molecule has 1 aromatic heterocycles. The van der Waals surface area contributed by atoms with E-state index in [9.17, 15) is 8.42 Å². The molecular weight excluding hydrogens is 214 g/mol. The third-order valence-electron chi connectivity index (χ3n) is 1.98. The molecular formula is C9H17N3O2S. The lowest BCUT2D eigenvalue weighted by Crippen LogP contribution is -2.23. The van der Waals surface area contributed by atoms with Crippen LogP contribution in [0.1, 0.15) is 6.42 Å². The Kier molecular flexibility index (Phi) is 4.77. The van der Waals surface area contributed by atoms with Gasteiger partial charge in [0.2, 0.25) is 0 Å². The van der Waals surface area contributed by atoms with E-state index in [4.69, 9.17) is 0 Å². The Morgan fingerprint density at radius 3 is 2.80 bits per heavy atom. The molecule has 0 saturated carbocycles. The standard InChI is InChI=1S/C9H17N3O2S/c1-15(13,14)8-5-10-3-2-6-12-7-4-11-9-12/h4,7,9-10H,2-3,5-6,8H2,1H3. The molecule has 0 fully saturated rings. The number of aromatic nitrogens is 2. The Morgan fingerprint density at radius 1 is 1.40 bits per heavy atom. The molecule has 1 N–H and O–H groups in total. The number of imidazole rings is 1. The Morgan fingerprint density at radius 2 is 2.20 bits per heavy atom. The molecule has 0 saturated heterocycles. The van der Waals surface area contributed by atoms with E-state index in [1.807, 2.05) is 10.8 Å². The number of hydrogen-bond donors (Lipinski definition) is 1. The fraction of sp³-hybridized carbons (Fsp3) is 0.667. The van der Waals surface area contributed by atoms with Crippen LogP contribution in [0.5, 0.6) is 0 Å². The number of nitrogens with one attached hydrogen (secondary N) is 1. The van der Waals surface area contributed by atoms with Gasteiger partial charge in [0, 0.05) is 31.7 Å². The summed E-state index contributed by atoms with van der Waals surface area (Å²) in [5.41, 5.74) is 0. The van der Waals surface area contributed by atoms with Gasteiger partial charge in [-0.1, -0.05) is 0 Å². The highest BCUT2D eigenvalue weighted by atomic mass is 32.2. The molecule has 0 spiro atoms. The maximum Gasteiger partial charge on any atom is 0.148 e. The minimum absolute atomic E-state index is 0.206. The van der Waals surface area contributed by atoms with E-state index in [2.05, 4.69) is 10.3 Å². The zero-order chi connectivity index (χ0) is 11.1. The largest absolute Gasteiger partial charge is 0.337 e. The van der Waals surface area contributed by atoms with E-state index in [1.165, 1.54) is 6.26 Å².